The number of nitrogens with one attached hydrogen (secondary N) is 1. The van der Waals surface area contributed by atoms with Crippen LogP contribution in [0.2, 0.25) is 0 Å². The Morgan fingerprint density at radius 2 is 1.94 bits per heavy atom. The van der Waals surface area contributed by atoms with E-state index in [0.717, 1.165) is 0 Å². The molecule has 1 aromatic carbocycles. The third-order valence-electron chi connectivity index (χ3n) is 2.46. The molecule has 94 valence electrons. The van der Waals surface area contributed by atoms with E-state index in [4.69, 9.17) is 9.47 Å². The average molecular weight is 238 g/mol. The molecule has 0 aromatic heterocycles. The number of hydrogen-bond donors (Lipinski definition) is 1. The van der Waals surface area contributed by atoms with Gasteiger partial charge in [0.1, 0.15) is 0 Å². The molecule has 0 unspecified atom stereocenters. The average Bonchev–Trinajstić information content (AvgIpc) is 2.37. The third-order valence-corrected chi connectivity index (χ3v) is 2.46. The summed E-state index contributed by atoms with van der Waals surface area (Å²) in [6, 6.07) is 5.09. The number of methoxy groups -OCH3 is 2. The second-order valence-electron chi connectivity index (χ2n) is 3.51. The zero-order chi connectivity index (χ0) is 12.8. The number of benzene rings is 1. The topological polar surface area (TPSA) is 50.8 Å². The smallest absolute Gasteiger partial charge is 0.321 e. The first-order valence-corrected chi connectivity index (χ1v) is 5.36. The summed E-state index contributed by atoms with van der Waals surface area (Å²) in [5.74, 6) is 1.22. The van der Waals surface area contributed by atoms with Crippen molar-refractivity contribution in [1.29, 1.82) is 0 Å². The van der Waals surface area contributed by atoms with Crippen molar-refractivity contribution >= 4 is 11.7 Å². The van der Waals surface area contributed by atoms with Gasteiger partial charge in [0.15, 0.2) is 11.5 Å². The van der Waals surface area contributed by atoms with Gasteiger partial charge in [-0.1, -0.05) is 0 Å². The van der Waals surface area contributed by atoms with Gasteiger partial charge in [-0.2, -0.15) is 0 Å². The molecule has 0 spiro atoms. The van der Waals surface area contributed by atoms with E-state index in [1.165, 1.54) is 0 Å². The fourth-order valence-electron chi connectivity index (χ4n) is 1.28. The molecular weight excluding hydrogens is 220 g/mol. The maximum atomic E-state index is 11.6. The van der Waals surface area contributed by atoms with Gasteiger partial charge in [-0.25, -0.2) is 4.79 Å². The Labute approximate surface area is 101 Å². The number of amides is 2. The van der Waals surface area contributed by atoms with Crippen LogP contribution < -0.4 is 14.8 Å². The summed E-state index contributed by atoms with van der Waals surface area (Å²) in [6.07, 6.45) is 0. The number of anilines is 1. The van der Waals surface area contributed by atoms with Crippen LogP contribution in [-0.2, 0) is 0 Å². The van der Waals surface area contributed by atoms with Gasteiger partial charge in [-0.3, -0.25) is 0 Å². The van der Waals surface area contributed by atoms with Crippen molar-refractivity contribution in [3.8, 4) is 11.5 Å². The summed E-state index contributed by atoms with van der Waals surface area (Å²) in [5, 5.41) is 2.77. The zero-order valence-corrected chi connectivity index (χ0v) is 10.6. The first kappa shape index (κ1) is 13.2. The number of nitrogens with zero attached hydrogens (tertiary/aromatic N) is 1. The molecule has 17 heavy (non-hydrogen) atoms. The highest BCUT2D eigenvalue weighted by atomic mass is 16.5. The molecule has 0 bridgehead atoms. The van der Waals surface area contributed by atoms with Crippen LogP contribution in [-0.4, -0.2) is 38.7 Å². The first-order chi connectivity index (χ1) is 8.12. The van der Waals surface area contributed by atoms with E-state index in [1.807, 2.05) is 6.92 Å². The van der Waals surface area contributed by atoms with E-state index >= 15 is 0 Å². The van der Waals surface area contributed by atoms with Gasteiger partial charge in [-0.15, -0.1) is 0 Å². The van der Waals surface area contributed by atoms with Gasteiger partial charge in [0, 0.05) is 25.3 Å². The number of rotatable bonds is 4. The van der Waals surface area contributed by atoms with Gasteiger partial charge in [0.25, 0.3) is 0 Å². The maximum Gasteiger partial charge on any atom is 0.321 e. The van der Waals surface area contributed by atoms with Gasteiger partial charge in [-0.05, 0) is 19.1 Å². The van der Waals surface area contributed by atoms with Crippen molar-refractivity contribution in [3.05, 3.63) is 18.2 Å². The normalized spacial score (nSPS) is 9.65. The summed E-state index contributed by atoms with van der Waals surface area (Å²) >= 11 is 0. The van der Waals surface area contributed by atoms with E-state index in [1.54, 1.807) is 44.4 Å². The Hall–Kier alpha value is -1.91. The molecule has 5 nitrogen and oxygen atoms in total. The van der Waals surface area contributed by atoms with Crippen LogP contribution >= 0.6 is 0 Å². The molecule has 0 aliphatic carbocycles. The summed E-state index contributed by atoms with van der Waals surface area (Å²) in [6.45, 7) is 2.56. The number of hydrogen-bond acceptors (Lipinski definition) is 3. The van der Waals surface area contributed by atoms with Gasteiger partial charge >= 0.3 is 6.03 Å². The second kappa shape index (κ2) is 5.98. The minimum atomic E-state index is -0.153. The number of carbonyl (C=O) groups excluding carboxylic acids is 1. The van der Waals surface area contributed by atoms with Crippen LogP contribution in [0.4, 0.5) is 10.5 Å². The molecule has 1 aromatic rings. The van der Waals surface area contributed by atoms with Crippen LogP contribution in [0.25, 0.3) is 0 Å². The lowest BCUT2D eigenvalue weighted by Gasteiger charge is -2.16. The molecule has 0 radical (unpaired) electrons. The van der Waals surface area contributed by atoms with Crippen molar-refractivity contribution < 1.29 is 14.3 Å². The van der Waals surface area contributed by atoms with E-state index in [-0.39, 0.29) is 6.03 Å². The first-order valence-electron chi connectivity index (χ1n) is 5.36. The lowest BCUT2D eigenvalue weighted by molar-refractivity contribution is 0.224. The van der Waals surface area contributed by atoms with Gasteiger partial charge in [0.05, 0.1) is 14.2 Å². The number of urea groups is 1. The van der Waals surface area contributed by atoms with Crippen molar-refractivity contribution in [2.24, 2.45) is 0 Å². The zero-order valence-electron chi connectivity index (χ0n) is 10.6. The second-order valence-corrected chi connectivity index (χ2v) is 3.51. The quantitative estimate of drug-likeness (QED) is 0.874. The predicted molar refractivity (Wildman–Crippen MR) is 66.9 cm³/mol. The molecule has 2 amide bonds. The Morgan fingerprint density at radius 3 is 2.47 bits per heavy atom. The van der Waals surface area contributed by atoms with Crippen LogP contribution in [0.5, 0.6) is 11.5 Å². The van der Waals surface area contributed by atoms with E-state index in [9.17, 15) is 4.79 Å². The van der Waals surface area contributed by atoms with Crippen LogP contribution in [0.3, 0.4) is 0 Å². The molecule has 0 fully saturated rings. The molecule has 0 aliphatic rings. The highest BCUT2D eigenvalue weighted by Crippen LogP contribution is 2.29. The molecular formula is C12H18N2O3. The fourth-order valence-corrected chi connectivity index (χ4v) is 1.28. The maximum absolute atomic E-state index is 11.6. The molecule has 0 atom stereocenters. The highest BCUT2D eigenvalue weighted by Gasteiger charge is 2.09. The molecule has 0 heterocycles. The minimum Gasteiger partial charge on any atom is -0.493 e. The van der Waals surface area contributed by atoms with Crippen LogP contribution in [0, 0.1) is 0 Å². The van der Waals surface area contributed by atoms with E-state index in [2.05, 4.69) is 5.32 Å². The van der Waals surface area contributed by atoms with Crippen molar-refractivity contribution in [1.82, 2.24) is 4.90 Å². The summed E-state index contributed by atoms with van der Waals surface area (Å²) in [5.41, 5.74) is 0.674. The minimum absolute atomic E-state index is 0.153. The fraction of sp³-hybridized carbons (Fsp3) is 0.417. The molecule has 0 saturated carbocycles. The monoisotopic (exact) mass is 238 g/mol. The molecule has 1 rings (SSSR count). The van der Waals surface area contributed by atoms with E-state index < -0.39 is 0 Å². The van der Waals surface area contributed by atoms with Gasteiger partial charge in [0.2, 0.25) is 0 Å². The lowest BCUT2D eigenvalue weighted by atomic mass is 10.3. The van der Waals surface area contributed by atoms with Crippen LogP contribution in [0.1, 0.15) is 6.92 Å². The third kappa shape index (κ3) is 3.27. The van der Waals surface area contributed by atoms with Crippen molar-refractivity contribution in [2.75, 3.05) is 33.1 Å². The summed E-state index contributed by atoms with van der Waals surface area (Å²) < 4.78 is 10.3. The lowest BCUT2D eigenvalue weighted by Crippen LogP contribution is -2.30. The standard InChI is InChI=1S/C12H18N2O3/c1-5-14(2)12(15)13-9-6-7-10(16-3)11(8-9)17-4/h6-8H,5H2,1-4H3,(H,13,15). The Balaban J connectivity index is 2.82. The number of carbonyl (C=O) groups is 1. The van der Waals surface area contributed by atoms with Gasteiger partial charge < -0.3 is 19.7 Å². The molecule has 0 aliphatic heterocycles. The SMILES string of the molecule is CCN(C)C(=O)Nc1ccc(OC)c(OC)c1. The predicted octanol–water partition coefficient (Wildman–Crippen LogP) is 2.19. The Bertz CT molecular complexity index is 393. The van der Waals surface area contributed by atoms with E-state index in [0.29, 0.717) is 23.7 Å². The highest BCUT2D eigenvalue weighted by molar-refractivity contribution is 5.89. The molecule has 0 saturated heterocycles. The summed E-state index contributed by atoms with van der Waals surface area (Å²) in [7, 11) is 4.86. The van der Waals surface area contributed by atoms with Crippen molar-refractivity contribution in [3.63, 3.8) is 0 Å². The Kier molecular flexibility index (Phi) is 4.63. The Morgan fingerprint density at radius 1 is 1.29 bits per heavy atom. The summed E-state index contributed by atoms with van der Waals surface area (Å²) in [4.78, 5) is 13.2. The van der Waals surface area contributed by atoms with Crippen LogP contribution in [0.15, 0.2) is 18.2 Å². The molecule has 1 N–H and O–H groups in total. The van der Waals surface area contributed by atoms with Crippen molar-refractivity contribution in [2.45, 2.75) is 6.92 Å². The largest absolute Gasteiger partial charge is 0.493 e. The molecule has 5 heteroatoms. The number of ether oxygens (including phenoxy) is 2.